The molecule has 7 heteroatoms. The number of benzene rings is 2. The summed E-state index contributed by atoms with van der Waals surface area (Å²) in [5.74, 6) is -1.09. The van der Waals surface area contributed by atoms with Crippen LogP contribution in [0.25, 0.3) is 11.1 Å². The number of nitrogens with one attached hydrogen (secondary N) is 1. The maximum absolute atomic E-state index is 13.2. The Kier molecular flexibility index (Phi) is 5.82. The van der Waals surface area contributed by atoms with E-state index in [1.54, 1.807) is 6.92 Å². The number of hydrogen-bond acceptors (Lipinski definition) is 4. The van der Waals surface area contributed by atoms with E-state index in [0.29, 0.717) is 19.4 Å². The van der Waals surface area contributed by atoms with Gasteiger partial charge in [0.05, 0.1) is 12.0 Å². The first kappa shape index (κ1) is 23.4. The third-order valence-electron chi connectivity index (χ3n) is 8.13. The molecule has 2 unspecified atom stereocenters. The number of amides is 2. The van der Waals surface area contributed by atoms with Gasteiger partial charge in [-0.05, 0) is 67.7 Å². The van der Waals surface area contributed by atoms with E-state index in [-0.39, 0.29) is 30.8 Å². The van der Waals surface area contributed by atoms with Crippen molar-refractivity contribution >= 4 is 18.0 Å². The first-order valence-corrected chi connectivity index (χ1v) is 12.4. The van der Waals surface area contributed by atoms with Crippen molar-refractivity contribution in [2.75, 3.05) is 13.2 Å². The van der Waals surface area contributed by atoms with Crippen LogP contribution in [0.4, 0.5) is 4.79 Å². The summed E-state index contributed by atoms with van der Waals surface area (Å²) in [7, 11) is 0. The van der Waals surface area contributed by atoms with Gasteiger partial charge in [-0.25, -0.2) is 9.59 Å². The molecule has 2 N–H and O–H groups in total. The molecule has 35 heavy (non-hydrogen) atoms. The second-order valence-electron chi connectivity index (χ2n) is 10.5. The van der Waals surface area contributed by atoms with Crippen molar-refractivity contribution in [3.63, 3.8) is 0 Å². The highest BCUT2D eigenvalue weighted by molar-refractivity contribution is 5.88. The molecule has 1 aliphatic heterocycles. The first-order valence-electron chi connectivity index (χ1n) is 12.4. The lowest BCUT2D eigenvalue weighted by atomic mass is 9.90. The first-order chi connectivity index (χ1) is 16.7. The largest absolute Gasteiger partial charge is 0.480 e. The molecule has 3 aliphatic rings. The summed E-state index contributed by atoms with van der Waals surface area (Å²) in [6, 6.07) is 16.3. The Morgan fingerprint density at radius 3 is 2.26 bits per heavy atom. The Labute approximate surface area is 205 Å². The van der Waals surface area contributed by atoms with Crippen molar-refractivity contribution in [2.24, 2.45) is 5.92 Å². The molecule has 1 saturated heterocycles. The van der Waals surface area contributed by atoms with E-state index < -0.39 is 23.1 Å². The van der Waals surface area contributed by atoms with E-state index in [1.165, 1.54) is 4.90 Å². The Balaban J connectivity index is 1.26. The predicted octanol–water partition coefficient (Wildman–Crippen LogP) is 4.55. The van der Waals surface area contributed by atoms with E-state index in [1.807, 2.05) is 31.2 Å². The molecule has 0 spiro atoms. The highest BCUT2D eigenvalue weighted by Crippen LogP contribution is 2.45. The molecule has 0 aromatic heterocycles. The molecule has 184 valence electrons. The van der Waals surface area contributed by atoms with Gasteiger partial charge in [-0.1, -0.05) is 48.5 Å². The average Bonchev–Trinajstić information content (AvgIpc) is 3.55. The molecule has 2 amide bonds. The number of ether oxygens (including phenoxy) is 1. The molecule has 0 bridgehead atoms. The number of fused-ring (bicyclic) bond motifs is 3. The van der Waals surface area contributed by atoms with Crippen molar-refractivity contribution in [2.45, 2.75) is 62.9 Å². The van der Waals surface area contributed by atoms with Gasteiger partial charge < -0.3 is 20.1 Å². The quantitative estimate of drug-likeness (QED) is 0.611. The molecule has 2 aliphatic carbocycles. The highest BCUT2D eigenvalue weighted by Gasteiger charge is 2.50. The topological polar surface area (TPSA) is 95.9 Å². The summed E-state index contributed by atoms with van der Waals surface area (Å²) in [6.45, 7) is 4.11. The number of carbonyl (C=O) groups excluding carboxylic acids is 2. The van der Waals surface area contributed by atoms with Crippen LogP contribution < -0.4 is 5.32 Å². The highest BCUT2D eigenvalue weighted by atomic mass is 16.5. The van der Waals surface area contributed by atoms with Crippen LogP contribution in [-0.4, -0.2) is 52.2 Å². The fraction of sp³-hybridized carbons (Fsp3) is 0.464. The van der Waals surface area contributed by atoms with Gasteiger partial charge in [-0.2, -0.15) is 0 Å². The van der Waals surface area contributed by atoms with Gasteiger partial charge in [0.15, 0.2) is 0 Å². The lowest BCUT2D eigenvalue weighted by Crippen LogP contribution is -2.56. The van der Waals surface area contributed by atoms with Crippen molar-refractivity contribution in [1.29, 1.82) is 0 Å². The Bertz CT molecular complexity index is 1130. The van der Waals surface area contributed by atoms with Crippen LogP contribution >= 0.6 is 0 Å². The maximum Gasteiger partial charge on any atom is 0.407 e. The lowest BCUT2D eigenvalue weighted by molar-refractivity contribution is -0.155. The van der Waals surface area contributed by atoms with Crippen LogP contribution in [0.15, 0.2) is 48.5 Å². The van der Waals surface area contributed by atoms with Crippen LogP contribution in [0, 0.1) is 5.92 Å². The van der Waals surface area contributed by atoms with Crippen molar-refractivity contribution in [3.05, 3.63) is 59.7 Å². The van der Waals surface area contributed by atoms with Gasteiger partial charge in [0.1, 0.15) is 12.1 Å². The van der Waals surface area contributed by atoms with Crippen LogP contribution in [0.2, 0.25) is 0 Å². The SMILES string of the molecule is CC(CC(=O)N1CCCC1(C)C(=O)O)(NC(=O)OCC1c2ccccc2-c2ccccc21)C1CC1. The molecule has 0 radical (unpaired) electrons. The summed E-state index contributed by atoms with van der Waals surface area (Å²) >= 11 is 0. The molecule has 2 fully saturated rings. The minimum absolute atomic E-state index is 0.0390. The molecule has 1 saturated carbocycles. The van der Waals surface area contributed by atoms with Crippen molar-refractivity contribution in [1.82, 2.24) is 10.2 Å². The van der Waals surface area contributed by atoms with Crippen LogP contribution in [0.3, 0.4) is 0 Å². The van der Waals surface area contributed by atoms with E-state index in [9.17, 15) is 19.5 Å². The van der Waals surface area contributed by atoms with Crippen LogP contribution in [0.5, 0.6) is 0 Å². The van der Waals surface area contributed by atoms with Gasteiger partial charge >= 0.3 is 12.1 Å². The number of rotatable bonds is 7. The Morgan fingerprint density at radius 1 is 1.09 bits per heavy atom. The zero-order valence-corrected chi connectivity index (χ0v) is 20.3. The molecule has 7 nitrogen and oxygen atoms in total. The maximum atomic E-state index is 13.2. The molecule has 2 aromatic carbocycles. The van der Waals surface area contributed by atoms with Gasteiger partial charge in [0, 0.05) is 12.5 Å². The summed E-state index contributed by atoms with van der Waals surface area (Å²) in [5.41, 5.74) is 2.65. The Morgan fingerprint density at radius 2 is 1.69 bits per heavy atom. The van der Waals surface area contributed by atoms with E-state index in [2.05, 4.69) is 29.6 Å². The van der Waals surface area contributed by atoms with Gasteiger partial charge in [-0.3, -0.25) is 4.79 Å². The monoisotopic (exact) mass is 476 g/mol. The average molecular weight is 477 g/mol. The smallest absolute Gasteiger partial charge is 0.407 e. The number of likely N-dealkylation sites (tertiary alicyclic amines) is 1. The lowest BCUT2D eigenvalue weighted by Gasteiger charge is -2.36. The van der Waals surface area contributed by atoms with E-state index in [4.69, 9.17) is 4.74 Å². The fourth-order valence-electron chi connectivity index (χ4n) is 5.87. The van der Waals surface area contributed by atoms with Gasteiger partial charge in [0.2, 0.25) is 5.91 Å². The molecule has 2 atom stereocenters. The molecule has 5 rings (SSSR count). The summed E-state index contributed by atoms with van der Waals surface area (Å²) in [5, 5.41) is 12.7. The van der Waals surface area contributed by atoms with Crippen molar-refractivity contribution < 1.29 is 24.2 Å². The fourth-order valence-corrected chi connectivity index (χ4v) is 5.87. The van der Waals surface area contributed by atoms with Crippen LogP contribution in [-0.2, 0) is 14.3 Å². The van der Waals surface area contributed by atoms with E-state index >= 15 is 0 Å². The second kappa shape index (κ2) is 8.70. The van der Waals surface area contributed by atoms with Crippen LogP contribution in [0.1, 0.15) is 63.0 Å². The van der Waals surface area contributed by atoms with E-state index in [0.717, 1.165) is 35.1 Å². The molecular weight excluding hydrogens is 444 g/mol. The predicted molar refractivity (Wildman–Crippen MR) is 131 cm³/mol. The number of carbonyl (C=O) groups is 3. The minimum Gasteiger partial charge on any atom is -0.480 e. The standard InChI is InChI=1S/C28H32N2O5/c1-27(18-12-13-18,16-24(31)30-15-7-14-28(30,2)25(32)33)29-26(34)35-17-23-21-10-5-3-8-19(21)20-9-4-6-11-22(20)23/h3-6,8-11,18,23H,7,12-17H2,1-2H3,(H,29,34)(H,32,33). The normalized spacial score (nSPS) is 22.7. The molecule has 2 aromatic rings. The zero-order valence-electron chi connectivity index (χ0n) is 20.3. The Hall–Kier alpha value is -3.35. The third kappa shape index (κ3) is 4.17. The number of alkyl carbamates (subject to hydrolysis) is 1. The second-order valence-corrected chi connectivity index (χ2v) is 10.5. The summed E-state index contributed by atoms with van der Waals surface area (Å²) < 4.78 is 5.73. The number of carboxylic acid groups (broad SMARTS) is 1. The van der Waals surface area contributed by atoms with Crippen molar-refractivity contribution in [3.8, 4) is 11.1 Å². The number of hydrogen-bond donors (Lipinski definition) is 2. The molecular formula is C28H32N2O5. The number of carboxylic acids is 1. The summed E-state index contributed by atoms with van der Waals surface area (Å²) in [6.07, 6.45) is 2.46. The number of nitrogens with zero attached hydrogens (tertiary/aromatic N) is 1. The van der Waals surface area contributed by atoms with Gasteiger partial charge in [-0.15, -0.1) is 0 Å². The van der Waals surface area contributed by atoms with Gasteiger partial charge in [0.25, 0.3) is 0 Å². The summed E-state index contributed by atoms with van der Waals surface area (Å²) in [4.78, 5) is 39.5. The number of aliphatic carboxylic acids is 1. The zero-order chi connectivity index (χ0) is 24.8. The molecule has 1 heterocycles. The minimum atomic E-state index is -1.19. The third-order valence-corrected chi connectivity index (χ3v) is 8.13.